The molecule has 0 aliphatic heterocycles. The summed E-state index contributed by atoms with van der Waals surface area (Å²) >= 11 is 1.37. The Morgan fingerprint density at radius 2 is 1.87 bits per heavy atom. The molecule has 162 valence electrons. The van der Waals surface area contributed by atoms with Crippen LogP contribution in [0.3, 0.4) is 0 Å². The number of thioether (sulfide) groups is 1. The first-order chi connectivity index (χ1) is 15.1. The van der Waals surface area contributed by atoms with Gasteiger partial charge in [0.2, 0.25) is 5.91 Å². The van der Waals surface area contributed by atoms with Crippen molar-refractivity contribution in [2.45, 2.75) is 49.4 Å². The molecular weight excluding hydrogens is 417 g/mol. The van der Waals surface area contributed by atoms with E-state index in [0.717, 1.165) is 25.7 Å². The molecule has 1 heterocycles. The summed E-state index contributed by atoms with van der Waals surface area (Å²) < 4.78 is 18.9. The highest BCUT2D eigenvalue weighted by Crippen LogP contribution is 2.24. The number of H-pyrrole nitrogens is 1. The standard InChI is InChI=1S/C23H24FN3O3S/c24-15-5-9-17(10-6-15)30-18-11-7-16(8-12-18)25-21(28)13-14-31-23-26-20-4-2-1-3-19(20)22(29)27-23/h1-6,9-10,16,18H,7-8,11-14H2,(H,25,28)(H,26,27,29)/t16-,18-. The maximum absolute atomic E-state index is 13.0. The molecular formula is C23H24FN3O3S. The highest BCUT2D eigenvalue weighted by Gasteiger charge is 2.23. The number of aromatic amines is 1. The molecule has 6 nitrogen and oxygen atoms in total. The van der Waals surface area contributed by atoms with Gasteiger partial charge in [-0.1, -0.05) is 23.9 Å². The van der Waals surface area contributed by atoms with E-state index >= 15 is 0 Å². The van der Waals surface area contributed by atoms with Gasteiger partial charge < -0.3 is 15.0 Å². The van der Waals surface area contributed by atoms with Gasteiger partial charge in [-0.25, -0.2) is 9.37 Å². The number of carbonyl (C=O) groups excluding carboxylic acids is 1. The van der Waals surface area contributed by atoms with Crippen molar-refractivity contribution in [3.05, 3.63) is 64.7 Å². The van der Waals surface area contributed by atoms with E-state index in [1.807, 2.05) is 6.07 Å². The van der Waals surface area contributed by atoms with E-state index in [-0.39, 0.29) is 29.4 Å². The molecule has 2 aromatic carbocycles. The van der Waals surface area contributed by atoms with Gasteiger partial charge in [0, 0.05) is 18.2 Å². The predicted molar refractivity (Wildman–Crippen MR) is 119 cm³/mol. The van der Waals surface area contributed by atoms with E-state index in [0.29, 0.717) is 34.0 Å². The Balaban J connectivity index is 1.19. The van der Waals surface area contributed by atoms with Crippen molar-refractivity contribution >= 4 is 28.6 Å². The fourth-order valence-corrected chi connectivity index (χ4v) is 4.51. The zero-order valence-electron chi connectivity index (χ0n) is 17.0. The molecule has 2 N–H and O–H groups in total. The smallest absolute Gasteiger partial charge is 0.259 e. The Hall–Kier alpha value is -2.87. The summed E-state index contributed by atoms with van der Waals surface area (Å²) in [7, 11) is 0. The van der Waals surface area contributed by atoms with Crippen LogP contribution in [0.25, 0.3) is 10.9 Å². The molecule has 1 amide bonds. The Labute approximate surface area is 183 Å². The molecule has 4 rings (SSSR count). The van der Waals surface area contributed by atoms with Gasteiger partial charge in [-0.05, 0) is 62.1 Å². The van der Waals surface area contributed by atoms with Crippen molar-refractivity contribution < 1.29 is 13.9 Å². The van der Waals surface area contributed by atoms with Crippen LogP contribution in [-0.4, -0.2) is 33.8 Å². The molecule has 0 spiro atoms. The van der Waals surface area contributed by atoms with Gasteiger partial charge in [0.05, 0.1) is 17.0 Å². The van der Waals surface area contributed by atoms with Crippen LogP contribution in [-0.2, 0) is 4.79 Å². The lowest BCUT2D eigenvalue weighted by Crippen LogP contribution is -2.39. The number of hydrogen-bond acceptors (Lipinski definition) is 5. The first-order valence-electron chi connectivity index (χ1n) is 10.4. The summed E-state index contributed by atoms with van der Waals surface area (Å²) in [5, 5.41) is 4.17. The van der Waals surface area contributed by atoms with E-state index in [9.17, 15) is 14.0 Å². The third-order valence-corrected chi connectivity index (χ3v) is 6.19. The molecule has 3 aromatic rings. The molecule has 1 saturated carbocycles. The van der Waals surface area contributed by atoms with Crippen LogP contribution in [0.15, 0.2) is 58.5 Å². The molecule has 31 heavy (non-hydrogen) atoms. The number of carbonyl (C=O) groups is 1. The number of fused-ring (bicyclic) bond motifs is 1. The zero-order chi connectivity index (χ0) is 21.6. The first kappa shape index (κ1) is 21.4. The number of amides is 1. The fourth-order valence-electron chi connectivity index (χ4n) is 3.70. The highest BCUT2D eigenvalue weighted by molar-refractivity contribution is 7.99. The van der Waals surface area contributed by atoms with Crippen LogP contribution < -0.4 is 15.6 Å². The van der Waals surface area contributed by atoms with Crippen LogP contribution in [0, 0.1) is 5.82 Å². The summed E-state index contributed by atoms with van der Waals surface area (Å²) in [6, 6.07) is 13.4. The topological polar surface area (TPSA) is 84.1 Å². The molecule has 0 saturated heterocycles. The Morgan fingerprint density at radius 3 is 2.65 bits per heavy atom. The minimum absolute atomic E-state index is 0.00135. The SMILES string of the molecule is O=C(CCSc1nc2ccccc2c(=O)[nH]1)N[C@H]1CC[C@H](Oc2ccc(F)cc2)CC1. The molecule has 8 heteroatoms. The van der Waals surface area contributed by atoms with Gasteiger partial charge in [-0.3, -0.25) is 9.59 Å². The predicted octanol–water partition coefficient (Wildman–Crippen LogP) is 4.05. The van der Waals surface area contributed by atoms with Crippen LogP contribution in [0.2, 0.25) is 0 Å². The van der Waals surface area contributed by atoms with E-state index in [2.05, 4.69) is 15.3 Å². The van der Waals surface area contributed by atoms with Gasteiger partial charge >= 0.3 is 0 Å². The van der Waals surface area contributed by atoms with Gasteiger partial charge in [0.15, 0.2) is 5.16 Å². The molecule has 1 aromatic heterocycles. The monoisotopic (exact) mass is 441 g/mol. The van der Waals surface area contributed by atoms with Crippen molar-refractivity contribution in [2.24, 2.45) is 0 Å². The van der Waals surface area contributed by atoms with E-state index in [1.54, 1.807) is 30.3 Å². The van der Waals surface area contributed by atoms with Crippen molar-refractivity contribution in [2.75, 3.05) is 5.75 Å². The third kappa shape index (κ3) is 5.85. The number of hydrogen-bond donors (Lipinski definition) is 2. The van der Waals surface area contributed by atoms with Crippen LogP contribution in [0.1, 0.15) is 32.1 Å². The molecule has 0 unspecified atom stereocenters. The van der Waals surface area contributed by atoms with E-state index < -0.39 is 0 Å². The Morgan fingerprint density at radius 1 is 1.13 bits per heavy atom. The zero-order valence-corrected chi connectivity index (χ0v) is 17.8. The van der Waals surface area contributed by atoms with Gasteiger partial charge in [-0.2, -0.15) is 0 Å². The van der Waals surface area contributed by atoms with Crippen LogP contribution in [0.5, 0.6) is 5.75 Å². The third-order valence-electron chi connectivity index (χ3n) is 5.31. The summed E-state index contributed by atoms with van der Waals surface area (Å²) in [5.74, 6) is 0.931. The largest absolute Gasteiger partial charge is 0.490 e. The van der Waals surface area contributed by atoms with Crippen molar-refractivity contribution in [1.82, 2.24) is 15.3 Å². The van der Waals surface area contributed by atoms with Crippen LogP contribution >= 0.6 is 11.8 Å². The quantitative estimate of drug-likeness (QED) is 0.427. The van der Waals surface area contributed by atoms with Crippen LogP contribution in [0.4, 0.5) is 4.39 Å². The molecule has 0 bridgehead atoms. The van der Waals surface area contributed by atoms with Crippen molar-refractivity contribution in [3.63, 3.8) is 0 Å². The number of halogens is 1. The van der Waals surface area contributed by atoms with Crippen molar-refractivity contribution in [1.29, 1.82) is 0 Å². The Bertz CT molecular complexity index is 1100. The molecule has 0 radical (unpaired) electrons. The molecule has 1 fully saturated rings. The number of para-hydroxylation sites is 1. The summed E-state index contributed by atoms with van der Waals surface area (Å²) in [5.41, 5.74) is 0.481. The van der Waals surface area contributed by atoms with Gasteiger partial charge in [0.25, 0.3) is 5.56 Å². The maximum atomic E-state index is 13.0. The lowest BCUT2D eigenvalue weighted by atomic mass is 9.93. The number of nitrogens with one attached hydrogen (secondary N) is 2. The number of nitrogens with zero attached hydrogens (tertiary/aromatic N) is 1. The first-order valence-corrected chi connectivity index (χ1v) is 11.4. The molecule has 0 atom stereocenters. The summed E-state index contributed by atoms with van der Waals surface area (Å²) in [6.07, 6.45) is 3.84. The van der Waals surface area contributed by atoms with E-state index in [4.69, 9.17) is 4.74 Å². The minimum Gasteiger partial charge on any atom is -0.490 e. The van der Waals surface area contributed by atoms with Gasteiger partial charge in [0.1, 0.15) is 11.6 Å². The average Bonchev–Trinajstić information content (AvgIpc) is 2.77. The number of ether oxygens (including phenoxy) is 1. The fraction of sp³-hybridized carbons (Fsp3) is 0.348. The second-order valence-electron chi connectivity index (χ2n) is 7.60. The lowest BCUT2D eigenvalue weighted by molar-refractivity contribution is -0.121. The van der Waals surface area contributed by atoms with E-state index in [1.165, 1.54) is 23.9 Å². The normalized spacial score (nSPS) is 18.6. The number of rotatable bonds is 7. The highest BCUT2D eigenvalue weighted by atomic mass is 32.2. The lowest BCUT2D eigenvalue weighted by Gasteiger charge is -2.29. The number of aromatic nitrogens is 2. The summed E-state index contributed by atoms with van der Waals surface area (Å²) in [6.45, 7) is 0. The second kappa shape index (κ2) is 9.96. The summed E-state index contributed by atoms with van der Waals surface area (Å²) in [4.78, 5) is 31.6. The minimum atomic E-state index is -0.278. The average molecular weight is 442 g/mol. The second-order valence-corrected chi connectivity index (χ2v) is 8.68. The Kier molecular flexibility index (Phi) is 6.86. The van der Waals surface area contributed by atoms with Crippen molar-refractivity contribution in [3.8, 4) is 5.75 Å². The molecule has 1 aliphatic rings. The maximum Gasteiger partial charge on any atom is 0.259 e. The number of benzene rings is 2. The molecule has 1 aliphatic carbocycles. The van der Waals surface area contributed by atoms with Gasteiger partial charge in [-0.15, -0.1) is 0 Å².